The molecule has 1 aliphatic heterocycles. The number of hydrogen-bond donors (Lipinski definition) is 2. The zero-order valence-corrected chi connectivity index (χ0v) is 13.8. The third kappa shape index (κ3) is 3.39. The molecule has 3 rings (SSSR count). The average Bonchev–Trinajstić information content (AvgIpc) is 3.07. The number of hydrogen-bond acceptors (Lipinski definition) is 7. The van der Waals surface area contributed by atoms with Crippen molar-refractivity contribution in [3.8, 4) is 0 Å². The van der Waals surface area contributed by atoms with E-state index in [1.54, 1.807) is 6.07 Å². The second kappa shape index (κ2) is 6.80. The number of carbonyl (C=O) groups excluding carboxylic acids is 1. The van der Waals surface area contributed by atoms with Crippen LogP contribution in [0.2, 0.25) is 0 Å². The third-order valence-electron chi connectivity index (χ3n) is 4.49. The Morgan fingerprint density at radius 3 is 2.68 bits per heavy atom. The number of non-ortho nitro benzene ring substituents is 1. The van der Waals surface area contributed by atoms with Crippen LogP contribution >= 0.6 is 0 Å². The fourth-order valence-corrected chi connectivity index (χ4v) is 3.18. The van der Waals surface area contributed by atoms with Gasteiger partial charge in [-0.3, -0.25) is 15.2 Å². The van der Waals surface area contributed by atoms with Gasteiger partial charge in [0.05, 0.1) is 23.3 Å². The van der Waals surface area contributed by atoms with Crippen molar-refractivity contribution in [1.29, 1.82) is 0 Å². The summed E-state index contributed by atoms with van der Waals surface area (Å²) in [6, 6.07) is 6.12. The quantitative estimate of drug-likeness (QED) is 0.493. The number of carbonyl (C=O) groups is 1. The lowest BCUT2D eigenvalue weighted by molar-refractivity contribution is -0.384. The fraction of sp³-hybridized carbons (Fsp3) is 0.375. The number of H-pyrrole nitrogens is 1. The van der Waals surface area contributed by atoms with Gasteiger partial charge in [0, 0.05) is 42.9 Å². The molecule has 132 valence electrons. The van der Waals surface area contributed by atoms with E-state index in [2.05, 4.69) is 10.2 Å². The molecule has 9 heteroatoms. The van der Waals surface area contributed by atoms with Gasteiger partial charge in [-0.15, -0.1) is 0 Å². The van der Waals surface area contributed by atoms with Gasteiger partial charge in [0.25, 0.3) is 5.69 Å². The van der Waals surface area contributed by atoms with Gasteiger partial charge in [0.15, 0.2) is 0 Å². The summed E-state index contributed by atoms with van der Waals surface area (Å²) in [5.41, 5.74) is 7.39. The summed E-state index contributed by atoms with van der Waals surface area (Å²) >= 11 is 0. The fourth-order valence-electron chi connectivity index (χ4n) is 3.18. The largest absolute Gasteiger partial charge is 0.465 e. The highest BCUT2D eigenvalue weighted by atomic mass is 16.6. The highest BCUT2D eigenvalue weighted by molar-refractivity contribution is 5.96. The number of aromatic amines is 1. The van der Waals surface area contributed by atoms with E-state index in [1.807, 2.05) is 11.0 Å². The van der Waals surface area contributed by atoms with Crippen LogP contribution in [-0.2, 0) is 4.74 Å². The van der Waals surface area contributed by atoms with Gasteiger partial charge in [0.1, 0.15) is 5.82 Å². The van der Waals surface area contributed by atoms with Crippen molar-refractivity contribution in [2.75, 3.05) is 30.8 Å². The molecule has 1 aromatic heterocycles. The van der Waals surface area contributed by atoms with Crippen LogP contribution in [-0.4, -0.2) is 41.3 Å². The molecule has 1 aromatic carbocycles. The normalized spacial score (nSPS) is 15.2. The lowest BCUT2D eigenvalue weighted by Crippen LogP contribution is -2.34. The van der Waals surface area contributed by atoms with Crippen molar-refractivity contribution >= 4 is 23.2 Å². The number of rotatable bonds is 4. The summed E-state index contributed by atoms with van der Waals surface area (Å²) < 4.78 is 4.78. The van der Waals surface area contributed by atoms with Crippen LogP contribution in [0, 0.1) is 10.1 Å². The first kappa shape index (κ1) is 16.7. The van der Waals surface area contributed by atoms with Gasteiger partial charge in [0.2, 0.25) is 0 Å². The van der Waals surface area contributed by atoms with Crippen molar-refractivity contribution in [3.05, 3.63) is 45.6 Å². The Hall–Kier alpha value is -3.10. The molecule has 9 nitrogen and oxygen atoms in total. The lowest BCUT2D eigenvalue weighted by atomic mass is 9.93. The molecular weight excluding hydrogens is 326 g/mol. The van der Waals surface area contributed by atoms with E-state index in [1.165, 1.54) is 19.2 Å². The minimum Gasteiger partial charge on any atom is -0.465 e. The number of nitrogens with zero attached hydrogens (tertiary/aromatic N) is 3. The summed E-state index contributed by atoms with van der Waals surface area (Å²) in [5.74, 6) is 0.212. The van der Waals surface area contributed by atoms with Crippen molar-refractivity contribution in [1.82, 2.24) is 10.2 Å². The molecular formula is C16H19N5O4. The van der Waals surface area contributed by atoms with Crippen molar-refractivity contribution in [2.24, 2.45) is 0 Å². The molecule has 0 aliphatic carbocycles. The molecule has 0 unspecified atom stereocenters. The van der Waals surface area contributed by atoms with Gasteiger partial charge in [-0.2, -0.15) is 5.10 Å². The summed E-state index contributed by atoms with van der Waals surface area (Å²) in [7, 11) is 1.26. The molecule has 1 saturated heterocycles. The molecule has 0 radical (unpaired) electrons. The Morgan fingerprint density at radius 1 is 1.40 bits per heavy atom. The Labute approximate surface area is 143 Å². The average molecular weight is 345 g/mol. The number of piperidine rings is 1. The number of esters is 1. The second-order valence-electron chi connectivity index (χ2n) is 5.96. The van der Waals surface area contributed by atoms with Crippen LogP contribution in [0.5, 0.6) is 0 Å². The molecule has 0 amide bonds. The molecule has 3 N–H and O–H groups in total. The number of aromatic nitrogens is 2. The zero-order valence-electron chi connectivity index (χ0n) is 13.8. The predicted octanol–water partition coefficient (Wildman–Crippen LogP) is 2.07. The Morgan fingerprint density at radius 2 is 2.12 bits per heavy atom. The number of nitrogens with one attached hydrogen (secondary N) is 1. The van der Waals surface area contributed by atoms with Gasteiger partial charge < -0.3 is 15.4 Å². The maximum atomic E-state index is 12.0. The molecule has 0 saturated carbocycles. The molecule has 2 aromatic rings. The molecule has 0 bridgehead atoms. The van der Waals surface area contributed by atoms with Crippen LogP contribution in [0.4, 0.5) is 17.2 Å². The summed E-state index contributed by atoms with van der Waals surface area (Å²) in [6.45, 7) is 1.43. The van der Waals surface area contributed by atoms with Crippen molar-refractivity contribution in [3.63, 3.8) is 0 Å². The van der Waals surface area contributed by atoms with E-state index in [0.29, 0.717) is 30.5 Å². The number of nitrogen functional groups attached to an aromatic ring is 1. The standard InChI is InChI=1S/C16H19N5O4/c1-25-16(22)12-8-11(21(23)24)2-3-14(12)20-6-4-10(5-7-20)13-9-15(17)19-18-13/h2-3,8-10H,4-7H2,1H3,(H3,17,18,19). The van der Waals surface area contributed by atoms with Gasteiger partial charge in [-0.1, -0.05) is 0 Å². The zero-order chi connectivity index (χ0) is 18.0. The van der Waals surface area contributed by atoms with Crippen LogP contribution in [0.15, 0.2) is 24.3 Å². The molecule has 2 heterocycles. The maximum Gasteiger partial charge on any atom is 0.340 e. The number of nitro groups is 1. The van der Waals surface area contributed by atoms with Gasteiger partial charge >= 0.3 is 5.97 Å². The highest BCUT2D eigenvalue weighted by Gasteiger charge is 2.26. The Kier molecular flexibility index (Phi) is 4.55. The SMILES string of the molecule is COC(=O)c1cc([N+](=O)[O-])ccc1N1CCC(c2cc(N)n[nH]2)CC1. The molecule has 25 heavy (non-hydrogen) atoms. The maximum absolute atomic E-state index is 12.0. The Bertz CT molecular complexity index is 796. The van der Waals surface area contributed by atoms with Crippen LogP contribution in [0.1, 0.15) is 34.8 Å². The highest BCUT2D eigenvalue weighted by Crippen LogP contribution is 2.33. The van der Waals surface area contributed by atoms with Crippen LogP contribution < -0.4 is 10.6 Å². The monoisotopic (exact) mass is 345 g/mol. The molecule has 1 fully saturated rings. The number of anilines is 2. The summed E-state index contributed by atoms with van der Waals surface area (Å²) in [4.78, 5) is 24.5. The molecule has 0 atom stereocenters. The van der Waals surface area contributed by atoms with E-state index in [-0.39, 0.29) is 11.3 Å². The topological polar surface area (TPSA) is 127 Å². The summed E-state index contributed by atoms with van der Waals surface area (Å²) in [5, 5.41) is 17.9. The van der Waals surface area contributed by atoms with E-state index in [0.717, 1.165) is 18.5 Å². The Balaban J connectivity index is 1.80. The van der Waals surface area contributed by atoms with Crippen LogP contribution in [0.3, 0.4) is 0 Å². The number of benzene rings is 1. The van der Waals surface area contributed by atoms with Crippen LogP contribution in [0.25, 0.3) is 0 Å². The predicted molar refractivity (Wildman–Crippen MR) is 91.6 cm³/mol. The summed E-state index contributed by atoms with van der Waals surface area (Å²) in [6.07, 6.45) is 1.72. The smallest absolute Gasteiger partial charge is 0.340 e. The minimum atomic E-state index is -0.581. The minimum absolute atomic E-state index is 0.132. The first-order valence-electron chi connectivity index (χ1n) is 7.92. The number of nitrogens with two attached hydrogens (primary N) is 1. The first-order valence-corrected chi connectivity index (χ1v) is 7.92. The molecule has 1 aliphatic rings. The van der Waals surface area contributed by atoms with Crippen molar-refractivity contribution < 1.29 is 14.5 Å². The van der Waals surface area contributed by atoms with E-state index < -0.39 is 10.9 Å². The second-order valence-corrected chi connectivity index (χ2v) is 5.96. The first-order chi connectivity index (χ1) is 12.0. The molecule has 0 spiro atoms. The van der Waals surface area contributed by atoms with E-state index in [4.69, 9.17) is 10.5 Å². The van der Waals surface area contributed by atoms with Crippen molar-refractivity contribution in [2.45, 2.75) is 18.8 Å². The van der Waals surface area contributed by atoms with Gasteiger partial charge in [-0.05, 0) is 18.9 Å². The third-order valence-corrected chi connectivity index (χ3v) is 4.49. The lowest BCUT2D eigenvalue weighted by Gasteiger charge is -2.34. The number of methoxy groups -OCH3 is 1. The van der Waals surface area contributed by atoms with E-state index in [9.17, 15) is 14.9 Å². The van der Waals surface area contributed by atoms with Gasteiger partial charge in [-0.25, -0.2) is 4.79 Å². The number of ether oxygens (including phenoxy) is 1. The van der Waals surface area contributed by atoms with E-state index >= 15 is 0 Å². The number of nitro benzene ring substituents is 1.